The minimum atomic E-state index is -0.337. The normalized spacial score (nSPS) is 23.8. The molecule has 7 nitrogen and oxygen atoms in total. The van der Waals surface area contributed by atoms with Gasteiger partial charge < -0.3 is 20.3 Å². The van der Waals surface area contributed by atoms with Gasteiger partial charge in [0.15, 0.2) is 0 Å². The second kappa shape index (κ2) is 9.59. The topological polar surface area (TPSA) is 73.9 Å². The molecule has 2 aliphatic heterocycles. The highest BCUT2D eigenvalue weighted by molar-refractivity contribution is 5.88. The molecule has 1 aliphatic carbocycles. The van der Waals surface area contributed by atoms with E-state index in [1.165, 1.54) is 18.5 Å². The van der Waals surface area contributed by atoms with Gasteiger partial charge in [0.05, 0.1) is 25.7 Å². The van der Waals surface area contributed by atoms with Crippen LogP contribution in [0.15, 0.2) is 24.3 Å². The number of nitrogens with zero attached hydrogens (tertiary/aromatic N) is 2. The van der Waals surface area contributed by atoms with Gasteiger partial charge in [0.25, 0.3) is 0 Å². The van der Waals surface area contributed by atoms with Gasteiger partial charge in [-0.1, -0.05) is 25.0 Å². The van der Waals surface area contributed by atoms with Crippen LogP contribution >= 0.6 is 0 Å². The Bertz CT molecular complexity index is 697. The molecule has 1 aromatic carbocycles. The fourth-order valence-electron chi connectivity index (χ4n) is 4.71. The van der Waals surface area contributed by atoms with Gasteiger partial charge in [-0.05, 0) is 30.5 Å². The van der Waals surface area contributed by atoms with Crippen LogP contribution in [-0.2, 0) is 20.9 Å². The highest BCUT2D eigenvalue weighted by Gasteiger charge is 2.36. The van der Waals surface area contributed by atoms with Gasteiger partial charge in [-0.2, -0.15) is 0 Å². The lowest BCUT2D eigenvalue weighted by Gasteiger charge is -2.38. The Labute approximate surface area is 172 Å². The number of amides is 2. The van der Waals surface area contributed by atoms with Crippen molar-refractivity contribution in [2.45, 2.75) is 50.7 Å². The molecule has 1 saturated carbocycles. The van der Waals surface area contributed by atoms with Gasteiger partial charge in [0, 0.05) is 44.5 Å². The molecule has 2 heterocycles. The summed E-state index contributed by atoms with van der Waals surface area (Å²) in [4.78, 5) is 29.6. The van der Waals surface area contributed by atoms with Crippen molar-refractivity contribution >= 4 is 17.5 Å². The van der Waals surface area contributed by atoms with Crippen LogP contribution in [0.2, 0.25) is 0 Å². The Morgan fingerprint density at radius 3 is 2.55 bits per heavy atom. The molecule has 2 amide bonds. The molecule has 2 N–H and O–H groups in total. The Morgan fingerprint density at radius 1 is 1.10 bits per heavy atom. The van der Waals surface area contributed by atoms with Crippen molar-refractivity contribution in [3.8, 4) is 0 Å². The van der Waals surface area contributed by atoms with Crippen LogP contribution in [0.25, 0.3) is 0 Å². The molecule has 29 heavy (non-hydrogen) atoms. The number of ether oxygens (including phenoxy) is 1. The summed E-state index contributed by atoms with van der Waals surface area (Å²) in [7, 11) is 0. The average molecular weight is 401 g/mol. The van der Waals surface area contributed by atoms with Gasteiger partial charge in [0.2, 0.25) is 11.8 Å². The molecule has 3 aliphatic rings. The Kier molecular flexibility index (Phi) is 6.67. The third-order valence-electron chi connectivity index (χ3n) is 6.35. The van der Waals surface area contributed by atoms with Crippen LogP contribution in [0.3, 0.4) is 0 Å². The van der Waals surface area contributed by atoms with Crippen LogP contribution in [0.4, 0.5) is 5.69 Å². The van der Waals surface area contributed by atoms with Crippen LogP contribution in [0, 0.1) is 0 Å². The van der Waals surface area contributed by atoms with E-state index in [9.17, 15) is 9.59 Å². The number of carbonyl (C=O) groups is 2. The van der Waals surface area contributed by atoms with E-state index in [0.717, 1.165) is 51.3 Å². The van der Waals surface area contributed by atoms with E-state index in [0.29, 0.717) is 19.1 Å². The van der Waals surface area contributed by atoms with E-state index >= 15 is 0 Å². The molecule has 0 bridgehead atoms. The summed E-state index contributed by atoms with van der Waals surface area (Å²) in [6.07, 6.45) is 4.96. The summed E-state index contributed by atoms with van der Waals surface area (Å²) in [6.45, 7) is 5.38. The van der Waals surface area contributed by atoms with Crippen molar-refractivity contribution in [1.82, 2.24) is 15.5 Å². The van der Waals surface area contributed by atoms with Crippen LogP contribution in [0.5, 0.6) is 0 Å². The lowest BCUT2D eigenvalue weighted by molar-refractivity contribution is -0.135. The number of benzene rings is 1. The lowest BCUT2D eigenvalue weighted by atomic mass is 10.0. The van der Waals surface area contributed by atoms with Crippen molar-refractivity contribution in [1.29, 1.82) is 0 Å². The number of hydrogen-bond acceptors (Lipinski definition) is 5. The number of morpholine rings is 1. The van der Waals surface area contributed by atoms with E-state index in [1.54, 1.807) is 0 Å². The lowest BCUT2D eigenvalue weighted by Crippen LogP contribution is -2.59. The van der Waals surface area contributed by atoms with Gasteiger partial charge in [-0.25, -0.2) is 0 Å². The maximum absolute atomic E-state index is 12.6. The smallest absolute Gasteiger partial charge is 0.237 e. The van der Waals surface area contributed by atoms with Gasteiger partial charge in [-0.3, -0.25) is 14.5 Å². The van der Waals surface area contributed by atoms with Crippen LogP contribution < -0.4 is 15.5 Å². The second-order valence-corrected chi connectivity index (χ2v) is 8.23. The molecule has 3 fully saturated rings. The fraction of sp³-hybridized carbons (Fsp3) is 0.636. The fourth-order valence-corrected chi connectivity index (χ4v) is 4.71. The Balaban J connectivity index is 1.29. The van der Waals surface area contributed by atoms with E-state index in [2.05, 4.69) is 44.7 Å². The minimum absolute atomic E-state index is 0.00633. The number of nitrogens with one attached hydrogen (secondary N) is 2. The predicted octanol–water partition coefficient (Wildman–Crippen LogP) is 1.27. The first kappa shape index (κ1) is 20.2. The average Bonchev–Trinajstić information content (AvgIpc) is 3.29. The van der Waals surface area contributed by atoms with E-state index in [4.69, 9.17) is 4.74 Å². The van der Waals surface area contributed by atoms with Crippen molar-refractivity contribution in [3.05, 3.63) is 29.8 Å². The minimum Gasteiger partial charge on any atom is -0.378 e. The summed E-state index contributed by atoms with van der Waals surface area (Å²) >= 11 is 0. The summed E-state index contributed by atoms with van der Waals surface area (Å²) < 4.78 is 5.40. The molecule has 1 aromatic rings. The van der Waals surface area contributed by atoms with E-state index in [-0.39, 0.29) is 24.3 Å². The second-order valence-electron chi connectivity index (χ2n) is 8.23. The zero-order valence-corrected chi connectivity index (χ0v) is 17.1. The van der Waals surface area contributed by atoms with Crippen molar-refractivity contribution in [2.24, 2.45) is 0 Å². The quantitative estimate of drug-likeness (QED) is 0.752. The first-order valence-corrected chi connectivity index (χ1v) is 10.9. The third-order valence-corrected chi connectivity index (χ3v) is 6.35. The highest BCUT2D eigenvalue weighted by atomic mass is 16.5. The largest absolute Gasteiger partial charge is 0.378 e. The number of hydrogen-bond donors (Lipinski definition) is 2. The molecule has 0 unspecified atom stereocenters. The Hall–Kier alpha value is -2.12. The molecule has 7 heteroatoms. The van der Waals surface area contributed by atoms with Crippen LogP contribution in [-0.4, -0.2) is 68.2 Å². The third kappa shape index (κ3) is 5.08. The van der Waals surface area contributed by atoms with Gasteiger partial charge >= 0.3 is 0 Å². The van der Waals surface area contributed by atoms with E-state index < -0.39 is 0 Å². The van der Waals surface area contributed by atoms with Gasteiger partial charge in [-0.15, -0.1) is 0 Å². The zero-order valence-electron chi connectivity index (χ0n) is 17.1. The number of anilines is 1. The molecular weight excluding hydrogens is 368 g/mol. The number of rotatable bonds is 6. The number of piperazine rings is 1. The molecule has 0 radical (unpaired) electrons. The molecule has 0 aromatic heterocycles. The molecule has 2 saturated heterocycles. The maximum atomic E-state index is 12.6. The zero-order chi connectivity index (χ0) is 20.1. The molecular formula is C22H32N4O3. The monoisotopic (exact) mass is 400 g/mol. The molecule has 4 rings (SSSR count). The summed E-state index contributed by atoms with van der Waals surface area (Å²) in [6, 6.07) is 8.43. The van der Waals surface area contributed by atoms with Crippen molar-refractivity contribution in [2.75, 3.05) is 44.3 Å². The summed E-state index contributed by atoms with van der Waals surface area (Å²) in [5.41, 5.74) is 2.26. The maximum Gasteiger partial charge on any atom is 0.237 e. The Morgan fingerprint density at radius 2 is 1.83 bits per heavy atom. The predicted molar refractivity (Wildman–Crippen MR) is 112 cm³/mol. The number of carbonyl (C=O) groups excluding carboxylic acids is 2. The molecule has 0 spiro atoms. The van der Waals surface area contributed by atoms with E-state index in [1.807, 2.05) is 0 Å². The van der Waals surface area contributed by atoms with Crippen molar-refractivity contribution < 1.29 is 14.3 Å². The summed E-state index contributed by atoms with van der Waals surface area (Å²) in [5, 5.41) is 5.93. The van der Waals surface area contributed by atoms with Crippen molar-refractivity contribution in [3.63, 3.8) is 0 Å². The molecule has 158 valence electrons. The molecule has 1 atom stereocenters. The van der Waals surface area contributed by atoms with Gasteiger partial charge in [0.1, 0.15) is 0 Å². The first-order chi connectivity index (χ1) is 14.2. The first-order valence-electron chi connectivity index (χ1n) is 10.9. The summed E-state index contributed by atoms with van der Waals surface area (Å²) in [5.74, 6) is -0.0690. The SMILES string of the molecule is O=C(C[C@@H]1C(=O)NCCN1C1CCCC1)NCc1ccc(N2CCOCC2)cc1. The standard InChI is InChI=1S/C22H32N4O3/c27-21(15-20-22(28)23-9-10-26(20)19-3-1-2-4-19)24-16-17-5-7-18(8-6-17)25-11-13-29-14-12-25/h5-8,19-20H,1-4,9-16H2,(H,23,28)(H,24,27)/t20-/m1/s1. The highest BCUT2D eigenvalue weighted by Crippen LogP contribution is 2.27. The van der Waals surface area contributed by atoms with Crippen LogP contribution in [0.1, 0.15) is 37.7 Å².